The highest BCUT2D eigenvalue weighted by Crippen LogP contribution is 2.66. The first-order valence-electron chi connectivity index (χ1n) is 7.71. The average molecular weight is 487 g/mol. The maximum absolute atomic E-state index is 12.6. The smallest absolute Gasteiger partial charge is 0.340 e. The number of halogens is 2. The van der Waals surface area contributed by atoms with E-state index < -0.39 is 11.4 Å². The monoisotopic (exact) mass is 485 g/mol. The summed E-state index contributed by atoms with van der Waals surface area (Å²) in [5.41, 5.74) is 0.988. The second-order valence-corrected chi connectivity index (χ2v) is 11.2. The third-order valence-corrected chi connectivity index (χ3v) is 7.76. The average Bonchev–Trinajstić information content (AvgIpc) is 2.91. The van der Waals surface area contributed by atoms with Crippen molar-refractivity contribution in [2.45, 2.75) is 23.0 Å². The molecule has 1 aromatic heterocycles. The van der Waals surface area contributed by atoms with Crippen molar-refractivity contribution in [1.82, 2.24) is 0 Å². The molecule has 1 amide bonds. The van der Waals surface area contributed by atoms with Crippen LogP contribution in [-0.4, -0.2) is 22.2 Å². The van der Waals surface area contributed by atoms with Gasteiger partial charge in [0.1, 0.15) is 5.00 Å². The van der Waals surface area contributed by atoms with Gasteiger partial charge in [0.05, 0.1) is 21.3 Å². The minimum absolute atomic E-state index is 0.125. The molecule has 0 radical (unpaired) electrons. The van der Waals surface area contributed by atoms with Gasteiger partial charge in [-0.05, 0) is 25.0 Å². The number of methoxy groups -OCH3 is 1. The molecule has 1 atom stereocenters. The van der Waals surface area contributed by atoms with Crippen LogP contribution in [0, 0.1) is 5.41 Å². The highest BCUT2D eigenvalue weighted by Gasteiger charge is 2.66. The maximum Gasteiger partial charge on any atom is 0.340 e. The molecule has 0 bridgehead atoms. The first-order valence-corrected chi connectivity index (χ1v) is 10.1. The third-order valence-electron chi connectivity index (χ3n) is 4.40. The van der Waals surface area contributed by atoms with E-state index in [-0.39, 0.29) is 9.14 Å². The fourth-order valence-corrected chi connectivity index (χ4v) is 5.12. The van der Waals surface area contributed by atoms with Gasteiger partial charge in [-0.2, -0.15) is 0 Å². The molecular weight excluding hydrogens is 470 g/mol. The van der Waals surface area contributed by atoms with Gasteiger partial charge in [0.2, 0.25) is 5.91 Å². The van der Waals surface area contributed by atoms with Gasteiger partial charge in [-0.3, -0.25) is 4.79 Å². The lowest BCUT2D eigenvalue weighted by molar-refractivity contribution is -0.120. The molecule has 1 N–H and O–H groups in total. The molecule has 1 aliphatic carbocycles. The van der Waals surface area contributed by atoms with Gasteiger partial charge in [-0.15, -0.1) is 11.3 Å². The van der Waals surface area contributed by atoms with Crippen LogP contribution in [-0.2, 0) is 16.0 Å². The largest absolute Gasteiger partial charge is 0.465 e. The zero-order chi connectivity index (χ0) is 18.2. The quantitative estimate of drug-likeness (QED) is 0.480. The molecule has 1 aromatic carbocycles. The summed E-state index contributed by atoms with van der Waals surface area (Å²) in [5, 5.41) is 3.44. The molecule has 0 spiro atoms. The lowest BCUT2D eigenvalue weighted by Gasteiger charge is -2.12. The molecule has 1 aliphatic rings. The minimum atomic E-state index is -0.552. The van der Waals surface area contributed by atoms with Crippen molar-refractivity contribution in [1.29, 1.82) is 0 Å². The fourth-order valence-electron chi connectivity index (χ4n) is 2.57. The molecule has 0 aliphatic heterocycles. The fraction of sp³-hybridized carbons (Fsp3) is 0.333. The van der Waals surface area contributed by atoms with Crippen LogP contribution < -0.4 is 5.32 Å². The number of hydrogen-bond donors (Lipinski definition) is 1. The molecule has 1 saturated carbocycles. The predicted molar refractivity (Wildman–Crippen MR) is 107 cm³/mol. The molecule has 7 heteroatoms. The number of carbonyl (C=O) groups excluding carboxylic acids is 2. The Morgan fingerprint density at radius 2 is 1.92 bits per heavy atom. The van der Waals surface area contributed by atoms with E-state index in [0.717, 1.165) is 10.4 Å². The molecular formula is C18H17Br2NO3S. The first-order chi connectivity index (χ1) is 11.8. The Hall–Kier alpha value is -1.18. The number of ether oxygens (including phenoxy) is 1. The Morgan fingerprint density at radius 3 is 2.48 bits per heavy atom. The van der Waals surface area contributed by atoms with Gasteiger partial charge in [0.25, 0.3) is 0 Å². The van der Waals surface area contributed by atoms with Crippen LogP contribution in [0.5, 0.6) is 0 Å². The van der Waals surface area contributed by atoms with E-state index in [1.807, 2.05) is 37.3 Å². The highest BCUT2D eigenvalue weighted by atomic mass is 79.9. The summed E-state index contributed by atoms with van der Waals surface area (Å²) in [7, 11) is 1.34. The van der Waals surface area contributed by atoms with Crippen LogP contribution >= 0.6 is 43.2 Å². The Bertz CT molecular complexity index is 819. The number of benzene rings is 1. The molecule has 0 unspecified atom stereocenters. The highest BCUT2D eigenvalue weighted by molar-refractivity contribution is 9.25. The normalized spacial score (nSPS) is 20.8. The molecule has 132 valence electrons. The lowest BCUT2D eigenvalue weighted by Crippen LogP contribution is -2.26. The summed E-state index contributed by atoms with van der Waals surface area (Å²) < 4.78 is 4.48. The summed E-state index contributed by atoms with van der Waals surface area (Å²) in [6.07, 6.45) is 1.38. The van der Waals surface area contributed by atoms with Gasteiger partial charge in [0.15, 0.2) is 0 Å². The zero-order valence-electron chi connectivity index (χ0n) is 13.8. The summed E-state index contributed by atoms with van der Waals surface area (Å²) >= 11 is 8.41. The van der Waals surface area contributed by atoms with E-state index >= 15 is 0 Å². The van der Waals surface area contributed by atoms with Crippen molar-refractivity contribution < 1.29 is 14.3 Å². The van der Waals surface area contributed by atoms with Crippen molar-refractivity contribution in [3.8, 4) is 0 Å². The number of anilines is 1. The van der Waals surface area contributed by atoms with Crippen LogP contribution in [0.4, 0.5) is 5.00 Å². The van der Waals surface area contributed by atoms with Gasteiger partial charge < -0.3 is 10.1 Å². The maximum atomic E-state index is 12.6. The van der Waals surface area contributed by atoms with E-state index in [0.29, 0.717) is 23.4 Å². The predicted octanol–water partition coefficient (Wildman–Crippen LogP) is 4.96. The van der Waals surface area contributed by atoms with Crippen LogP contribution in [0.3, 0.4) is 0 Å². The van der Waals surface area contributed by atoms with Crippen molar-refractivity contribution in [3.63, 3.8) is 0 Å². The van der Waals surface area contributed by atoms with E-state index in [9.17, 15) is 9.59 Å². The number of amides is 1. The second kappa shape index (κ2) is 6.85. The van der Waals surface area contributed by atoms with Gasteiger partial charge in [0, 0.05) is 11.3 Å². The first kappa shape index (κ1) is 18.6. The number of carbonyl (C=O) groups is 2. The van der Waals surface area contributed by atoms with Crippen LogP contribution in [0.15, 0.2) is 36.4 Å². The van der Waals surface area contributed by atoms with E-state index in [1.165, 1.54) is 18.4 Å². The topological polar surface area (TPSA) is 55.4 Å². The van der Waals surface area contributed by atoms with Gasteiger partial charge in [-0.1, -0.05) is 62.2 Å². The Balaban J connectivity index is 1.84. The molecule has 0 saturated heterocycles. The molecule has 2 aromatic rings. The molecule has 25 heavy (non-hydrogen) atoms. The number of esters is 1. The van der Waals surface area contributed by atoms with Crippen LogP contribution in [0.2, 0.25) is 0 Å². The number of thiophene rings is 1. The van der Waals surface area contributed by atoms with Crippen molar-refractivity contribution in [3.05, 3.63) is 52.4 Å². The van der Waals surface area contributed by atoms with E-state index in [1.54, 1.807) is 6.07 Å². The third kappa shape index (κ3) is 3.68. The lowest BCUT2D eigenvalue weighted by atomic mass is 10.1. The van der Waals surface area contributed by atoms with Gasteiger partial charge >= 0.3 is 5.97 Å². The molecule has 1 heterocycles. The number of nitrogens with one attached hydrogen (secondary N) is 1. The number of alkyl halides is 2. The Kier molecular flexibility index (Phi) is 5.10. The second-order valence-electron chi connectivity index (χ2n) is 6.28. The minimum Gasteiger partial charge on any atom is -0.465 e. The van der Waals surface area contributed by atoms with E-state index in [4.69, 9.17) is 4.74 Å². The summed E-state index contributed by atoms with van der Waals surface area (Å²) in [4.78, 5) is 25.7. The summed E-state index contributed by atoms with van der Waals surface area (Å²) in [6, 6.07) is 11.8. The standard InChI is InChI=1S/C18H17Br2NO3S/c1-17(10-18(17,19)20)16(23)21-14-13(15(22)24-2)9-12(25-14)8-11-6-4-3-5-7-11/h3-7,9H,8,10H2,1-2H3,(H,21,23)/t17-/m1/s1. The molecule has 3 rings (SSSR count). The molecule has 1 fully saturated rings. The van der Waals surface area contributed by atoms with Crippen molar-refractivity contribution >= 4 is 60.1 Å². The number of rotatable bonds is 5. The van der Waals surface area contributed by atoms with Crippen molar-refractivity contribution in [2.24, 2.45) is 5.41 Å². The van der Waals surface area contributed by atoms with Crippen LogP contribution in [0.25, 0.3) is 0 Å². The van der Waals surface area contributed by atoms with Crippen LogP contribution in [0.1, 0.15) is 34.1 Å². The Morgan fingerprint density at radius 1 is 1.28 bits per heavy atom. The number of hydrogen-bond acceptors (Lipinski definition) is 4. The Labute approximate surface area is 167 Å². The SMILES string of the molecule is COC(=O)c1cc(Cc2ccccc2)sc1NC(=O)[C@@]1(C)CC1(Br)Br. The van der Waals surface area contributed by atoms with Crippen molar-refractivity contribution in [2.75, 3.05) is 12.4 Å². The molecule has 4 nitrogen and oxygen atoms in total. The van der Waals surface area contributed by atoms with Gasteiger partial charge in [-0.25, -0.2) is 4.79 Å². The van der Waals surface area contributed by atoms with E-state index in [2.05, 4.69) is 37.2 Å². The summed E-state index contributed by atoms with van der Waals surface area (Å²) in [5.74, 6) is -0.574. The zero-order valence-corrected chi connectivity index (χ0v) is 17.8. The summed E-state index contributed by atoms with van der Waals surface area (Å²) in [6.45, 7) is 1.88.